The smallest absolute Gasteiger partial charge is 0.149 e. The third-order valence-electron chi connectivity index (χ3n) is 3.26. The maximum atomic E-state index is 13.5. The van der Waals surface area contributed by atoms with Crippen molar-refractivity contribution in [1.82, 2.24) is 19.5 Å². The quantitative estimate of drug-likeness (QED) is 0.530. The molecular formula is C15H9FN4. The zero-order valence-electron chi connectivity index (χ0n) is 10.4. The second-order valence-corrected chi connectivity index (χ2v) is 4.46. The van der Waals surface area contributed by atoms with Crippen LogP contribution in [0.4, 0.5) is 4.39 Å². The van der Waals surface area contributed by atoms with Gasteiger partial charge in [0.05, 0.1) is 16.6 Å². The average Bonchev–Trinajstić information content (AvgIpc) is 2.90. The molecule has 20 heavy (non-hydrogen) atoms. The topological polar surface area (TPSA) is 43.6 Å². The molecule has 0 atom stereocenters. The van der Waals surface area contributed by atoms with Crippen LogP contribution in [0.25, 0.3) is 27.8 Å². The molecule has 0 fully saturated rings. The molecule has 0 aliphatic carbocycles. The largest absolute Gasteiger partial charge is 0.282 e. The predicted molar refractivity (Wildman–Crippen MR) is 74.1 cm³/mol. The van der Waals surface area contributed by atoms with Crippen LogP contribution >= 0.6 is 0 Å². The minimum absolute atomic E-state index is 0.307. The molecule has 96 valence electrons. The molecule has 4 nitrogen and oxygen atoms in total. The molecule has 0 amide bonds. The van der Waals surface area contributed by atoms with Gasteiger partial charge in [0, 0.05) is 5.39 Å². The van der Waals surface area contributed by atoms with Crippen LogP contribution in [0.3, 0.4) is 0 Å². The van der Waals surface area contributed by atoms with Crippen molar-refractivity contribution in [2.24, 2.45) is 0 Å². The van der Waals surface area contributed by atoms with Gasteiger partial charge in [-0.15, -0.1) is 0 Å². The van der Waals surface area contributed by atoms with E-state index in [1.807, 2.05) is 28.8 Å². The van der Waals surface area contributed by atoms with Gasteiger partial charge >= 0.3 is 0 Å². The summed E-state index contributed by atoms with van der Waals surface area (Å²) in [6.45, 7) is 0. The Kier molecular flexibility index (Phi) is 2.26. The van der Waals surface area contributed by atoms with E-state index in [0.29, 0.717) is 16.7 Å². The molecule has 0 bridgehead atoms. The van der Waals surface area contributed by atoms with E-state index >= 15 is 0 Å². The summed E-state index contributed by atoms with van der Waals surface area (Å²) in [6.07, 6.45) is 3.17. The van der Waals surface area contributed by atoms with Gasteiger partial charge in [-0.05, 0) is 30.3 Å². The van der Waals surface area contributed by atoms with Crippen molar-refractivity contribution in [2.45, 2.75) is 0 Å². The zero-order chi connectivity index (χ0) is 13.5. The van der Waals surface area contributed by atoms with Crippen molar-refractivity contribution in [1.29, 1.82) is 0 Å². The van der Waals surface area contributed by atoms with Gasteiger partial charge in [0.15, 0.2) is 0 Å². The van der Waals surface area contributed by atoms with Crippen molar-refractivity contribution in [2.75, 3.05) is 0 Å². The van der Waals surface area contributed by atoms with Crippen LogP contribution in [0.1, 0.15) is 0 Å². The molecule has 0 aliphatic heterocycles. The van der Waals surface area contributed by atoms with Crippen LogP contribution in [0.5, 0.6) is 0 Å². The highest BCUT2D eigenvalue weighted by Gasteiger charge is 2.10. The van der Waals surface area contributed by atoms with E-state index < -0.39 is 0 Å². The normalized spacial score (nSPS) is 11.2. The number of para-hydroxylation sites is 2. The van der Waals surface area contributed by atoms with E-state index in [4.69, 9.17) is 0 Å². The van der Waals surface area contributed by atoms with E-state index in [9.17, 15) is 4.39 Å². The number of hydrogen-bond donors (Lipinski definition) is 0. The molecule has 0 spiro atoms. The maximum absolute atomic E-state index is 13.5. The number of fused-ring (bicyclic) bond motifs is 2. The second kappa shape index (κ2) is 4.09. The molecule has 4 rings (SSSR count). The van der Waals surface area contributed by atoms with Crippen molar-refractivity contribution in [3.63, 3.8) is 0 Å². The Morgan fingerprint density at radius 1 is 0.900 bits per heavy atom. The Morgan fingerprint density at radius 3 is 2.75 bits per heavy atom. The molecule has 0 unspecified atom stereocenters. The lowest BCUT2D eigenvalue weighted by atomic mass is 10.2. The summed E-state index contributed by atoms with van der Waals surface area (Å²) in [7, 11) is 0. The summed E-state index contributed by atoms with van der Waals surface area (Å²) in [4.78, 5) is 12.8. The number of halogens is 1. The minimum atomic E-state index is -0.307. The molecule has 2 aromatic carbocycles. The Morgan fingerprint density at radius 2 is 1.80 bits per heavy atom. The van der Waals surface area contributed by atoms with E-state index in [0.717, 1.165) is 11.0 Å². The van der Waals surface area contributed by atoms with Gasteiger partial charge in [0.25, 0.3) is 0 Å². The molecule has 0 aliphatic rings. The molecule has 2 heterocycles. The molecular weight excluding hydrogens is 255 g/mol. The highest BCUT2D eigenvalue weighted by Crippen LogP contribution is 2.23. The first-order valence-corrected chi connectivity index (χ1v) is 6.16. The Bertz CT molecular complexity index is 929. The molecule has 2 aromatic heterocycles. The first-order valence-electron chi connectivity index (χ1n) is 6.16. The number of nitrogens with zero attached hydrogens (tertiary/aromatic N) is 4. The fourth-order valence-electron chi connectivity index (χ4n) is 2.34. The molecule has 5 heteroatoms. The molecule has 0 radical (unpaired) electrons. The summed E-state index contributed by atoms with van der Waals surface area (Å²) in [5.41, 5.74) is 2.50. The summed E-state index contributed by atoms with van der Waals surface area (Å²) in [5, 5.41) is 0.663. The maximum Gasteiger partial charge on any atom is 0.149 e. The lowest BCUT2D eigenvalue weighted by Crippen LogP contribution is -1.98. The van der Waals surface area contributed by atoms with Crippen LogP contribution in [-0.4, -0.2) is 19.5 Å². The van der Waals surface area contributed by atoms with E-state index in [1.54, 1.807) is 12.4 Å². The Labute approximate surface area is 113 Å². The highest BCUT2D eigenvalue weighted by atomic mass is 19.1. The summed E-state index contributed by atoms with van der Waals surface area (Å²) < 4.78 is 15.3. The summed E-state index contributed by atoms with van der Waals surface area (Å²) >= 11 is 0. The molecule has 0 saturated carbocycles. The van der Waals surface area contributed by atoms with Crippen LogP contribution in [-0.2, 0) is 0 Å². The van der Waals surface area contributed by atoms with Crippen molar-refractivity contribution in [3.8, 4) is 5.82 Å². The predicted octanol–water partition coefficient (Wildman–Crippen LogP) is 3.11. The van der Waals surface area contributed by atoms with Gasteiger partial charge in [0.1, 0.15) is 24.3 Å². The Balaban J connectivity index is 2.09. The summed E-state index contributed by atoms with van der Waals surface area (Å²) in [6, 6.07) is 12.2. The minimum Gasteiger partial charge on any atom is -0.282 e. The lowest BCUT2D eigenvalue weighted by Gasteiger charge is -2.06. The molecule has 0 N–H and O–H groups in total. The third kappa shape index (κ3) is 1.56. The monoisotopic (exact) mass is 264 g/mol. The fourth-order valence-corrected chi connectivity index (χ4v) is 2.34. The van der Waals surface area contributed by atoms with Crippen molar-refractivity contribution >= 4 is 21.9 Å². The van der Waals surface area contributed by atoms with Crippen LogP contribution < -0.4 is 0 Å². The zero-order valence-corrected chi connectivity index (χ0v) is 10.4. The van der Waals surface area contributed by atoms with Gasteiger partial charge < -0.3 is 0 Å². The number of benzene rings is 2. The van der Waals surface area contributed by atoms with Gasteiger partial charge in [-0.3, -0.25) is 4.57 Å². The number of imidazole rings is 1. The SMILES string of the molecule is Fc1ccc2ncnc(-n3cnc4ccccc43)c2c1. The fraction of sp³-hybridized carbons (Fsp3) is 0. The number of hydrogen-bond acceptors (Lipinski definition) is 3. The first-order chi connectivity index (χ1) is 9.83. The van der Waals surface area contributed by atoms with Crippen molar-refractivity contribution in [3.05, 3.63) is 60.9 Å². The second-order valence-electron chi connectivity index (χ2n) is 4.46. The first kappa shape index (κ1) is 11.0. The molecule has 4 aromatic rings. The summed E-state index contributed by atoms with van der Waals surface area (Å²) in [5.74, 6) is 0.321. The van der Waals surface area contributed by atoms with Crippen LogP contribution in [0.2, 0.25) is 0 Å². The van der Waals surface area contributed by atoms with Gasteiger partial charge in [0.2, 0.25) is 0 Å². The number of rotatable bonds is 1. The van der Waals surface area contributed by atoms with Crippen LogP contribution in [0.15, 0.2) is 55.1 Å². The number of aromatic nitrogens is 4. The van der Waals surface area contributed by atoms with Crippen LogP contribution in [0, 0.1) is 5.82 Å². The van der Waals surface area contributed by atoms with Gasteiger partial charge in [-0.25, -0.2) is 19.3 Å². The third-order valence-corrected chi connectivity index (χ3v) is 3.26. The van der Waals surface area contributed by atoms with E-state index in [2.05, 4.69) is 15.0 Å². The van der Waals surface area contributed by atoms with E-state index in [-0.39, 0.29) is 5.82 Å². The highest BCUT2D eigenvalue weighted by molar-refractivity contribution is 5.88. The van der Waals surface area contributed by atoms with Gasteiger partial charge in [-0.1, -0.05) is 12.1 Å². The standard InChI is InChI=1S/C15H9FN4/c16-10-5-6-12-11(7-10)15(18-8-17-12)20-9-19-13-3-1-2-4-14(13)20/h1-9H. The lowest BCUT2D eigenvalue weighted by molar-refractivity contribution is 0.629. The molecule has 0 saturated heterocycles. The Hall–Kier alpha value is -2.82. The average molecular weight is 264 g/mol. The van der Waals surface area contributed by atoms with Gasteiger partial charge in [-0.2, -0.15) is 0 Å². The van der Waals surface area contributed by atoms with Crippen molar-refractivity contribution < 1.29 is 4.39 Å². The van der Waals surface area contributed by atoms with E-state index in [1.165, 1.54) is 18.5 Å².